The molecule has 1 heterocycles. The van der Waals surface area contributed by atoms with Crippen molar-refractivity contribution in [2.75, 3.05) is 7.11 Å². The summed E-state index contributed by atoms with van der Waals surface area (Å²) >= 11 is 0. The summed E-state index contributed by atoms with van der Waals surface area (Å²) in [5.41, 5.74) is 0.267. The number of nitrogens with zero attached hydrogens (tertiary/aromatic N) is 1. The maximum Gasteiger partial charge on any atom is 0.328 e. The second-order valence-electron chi connectivity index (χ2n) is 7.06. The van der Waals surface area contributed by atoms with Gasteiger partial charge in [-0.3, -0.25) is 14.6 Å². The number of para-hydroxylation sites is 1. The molecule has 7 heteroatoms. The number of hydrogen-bond donors (Lipinski definition) is 1. The zero-order valence-corrected chi connectivity index (χ0v) is 15.9. The Balaban J connectivity index is 2.12. The summed E-state index contributed by atoms with van der Waals surface area (Å²) in [5, 5.41) is 3.45. The van der Waals surface area contributed by atoms with Gasteiger partial charge in [0.25, 0.3) is 5.91 Å². The van der Waals surface area contributed by atoms with Gasteiger partial charge in [0.2, 0.25) is 0 Å². The summed E-state index contributed by atoms with van der Waals surface area (Å²) in [4.78, 5) is 40.9. The first-order valence-corrected chi connectivity index (χ1v) is 8.65. The maximum atomic E-state index is 12.7. The predicted octanol–water partition coefficient (Wildman–Crippen LogP) is 2.63. The van der Waals surface area contributed by atoms with Gasteiger partial charge in [0.05, 0.1) is 18.2 Å². The van der Waals surface area contributed by atoms with Crippen molar-refractivity contribution >= 4 is 28.7 Å². The van der Waals surface area contributed by atoms with E-state index in [9.17, 15) is 14.4 Å². The van der Waals surface area contributed by atoms with Crippen molar-refractivity contribution in [3.63, 3.8) is 0 Å². The lowest BCUT2D eigenvalue weighted by Crippen LogP contribution is -2.42. The van der Waals surface area contributed by atoms with Crippen LogP contribution in [0.1, 0.15) is 44.0 Å². The lowest BCUT2D eigenvalue weighted by atomic mass is 10.1. The van der Waals surface area contributed by atoms with Crippen LogP contribution in [0.4, 0.5) is 0 Å². The normalized spacial score (nSPS) is 12.3. The molecule has 1 aromatic heterocycles. The molecule has 0 saturated carbocycles. The molecule has 2 aromatic rings. The number of fused-ring (bicyclic) bond motifs is 1. The number of ether oxygens (including phenoxy) is 2. The van der Waals surface area contributed by atoms with E-state index in [-0.39, 0.29) is 12.8 Å². The molecule has 0 radical (unpaired) electrons. The average Bonchev–Trinajstić information content (AvgIpc) is 2.62. The lowest BCUT2D eigenvalue weighted by Gasteiger charge is -2.21. The fourth-order valence-corrected chi connectivity index (χ4v) is 2.57. The molecule has 2 rings (SSSR count). The Hall–Kier alpha value is -2.96. The molecule has 1 amide bonds. The molecule has 144 valence electrons. The van der Waals surface area contributed by atoms with Crippen molar-refractivity contribution in [1.29, 1.82) is 0 Å². The van der Waals surface area contributed by atoms with Crippen LogP contribution in [-0.2, 0) is 19.1 Å². The molecule has 0 bridgehead atoms. The minimum atomic E-state index is -0.964. The number of carbonyl (C=O) groups is 3. The Labute approximate surface area is 158 Å². The number of aromatic nitrogens is 1. The summed E-state index contributed by atoms with van der Waals surface area (Å²) in [7, 11) is 1.23. The predicted molar refractivity (Wildman–Crippen MR) is 100 cm³/mol. The van der Waals surface area contributed by atoms with Gasteiger partial charge in [0.1, 0.15) is 11.6 Å². The van der Waals surface area contributed by atoms with Crippen molar-refractivity contribution < 1.29 is 23.9 Å². The molecular weight excluding hydrogens is 348 g/mol. The van der Waals surface area contributed by atoms with E-state index in [2.05, 4.69) is 10.3 Å². The maximum absolute atomic E-state index is 12.7. The second kappa shape index (κ2) is 8.62. The molecule has 7 nitrogen and oxygen atoms in total. The minimum absolute atomic E-state index is 0.0227. The fourth-order valence-electron chi connectivity index (χ4n) is 2.57. The number of amides is 1. The van der Waals surface area contributed by atoms with E-state index < -0.39 is 29.5 Å². The Bertz CT molecular complexity index is 836. The summed E-state index contributed by atoms with van der Waals surface area (Å²) in [5.74, 6) is -1.53. The number of pyridine rings is 1. The molecule has 0 aliphatic heterocycles. The van der Waals surface area contributed by atoms with Gasteiger partial charge in [0, 0.05) is 18.0 Å². The quantitative estimate of drug-likeness (QED) is 0.784. The standard InChI is InChI=1S/C20H24N2O5/c1-20(2,3)27-16(23)11-10-15(19(25)26-4)22-18(24)14-9-5-7-13-8-6-12-21-17(13)14/h5-9,12,15H,10-11H2,1-4H3,(H,22,24)/t15-/m0/s1. The highest BCUT2D eigenvalue weighted by molar-refractivity contribution is 6.06. The van der Waals surface area contributed by atoms with Crippen LogP contribution in [0.25, 0.3) is 10.9 Å². The smallest absolute Gasteiger partial charge is 0.328 e. The Morgan fingerprint density at radius 1 is 1.15 bits per heavy atom. The van der Waals surface area contributed by atoms with Crippen LogP contribution >= 0.6 is 0 Å². The molecule has 27 heavy (non-hydrogen) atoms. The highest BCUT2D eigenvalue weighted by Gasteiger charge is 2.25. The third-order valence-electron chi connectivity index (χ3n) is 3.73. The molecule has 0 fully saturated rings. The number of hydrogen-bond acceptors (Lipinski definition) is 6. The topological polar surface area (TPSA) is 94.6 Å². The van der Waals surface area contributed by atoms with Crippen molar-refractivity contribution in [3.05, 3.63) is 42.1 Å². The highest BCUT2D eigenvalue weighted by Crippen LogP contribution is 2.16. The van der Waals surface area contributed by atoms with Gasteiger partial charge in [-0.2, -0.15) is 0 Å². The number of nitrogens with one attached hydrogen (secondary N) is 1. The molecule has 1 aromatic carbocycles. The van der Waals surface area contributed by atoms with Crippen molar-refractivity contribution in [1.82, 2.24) is 10.3 Å². The van der Waals surface area contributed by atoms with Crippen LogP contribution in [0, 0.1) is 0 Å². The van der Waals surface area contributed by atoms with Gasteiger partial charge in [-0.05, 0) is 39.3 Å². The van der Waals surface area contributed by atoms with Gasteiger partial charge < -0.3 is 14.8 Å². The Morgan fingerprint density at radius 3 is 2.52 bits per heavy atom. The van der Waals surface area contributed by atoms with Crippen LogP contribution in [0.2, 0.25) is 0 Å². The third kappa shape index (κ3) is 5.77. The number of methoxy groups -OCH3 is 1. The first kappa shape index (κ1) is 20.4. The number of rotatable bonds is 6. The largest absolute Gasteiger partial charge is 0.467 e. The van der Waals surface area contributed by atoms with E-state index in [0.717, 1.165) is 5.39 Å². The summed E-state index contributed by atoms with van der Waals surface area (Å²) in [6.07, 6.45) is 1.65. The van der Waals surface area contributed by atoms with Crippen LogP contribution in [0.15, 0.2) is 36.5 Å². The summed E-state index contributed by atoms with van der Waals surface area (Å²) in [6, 6.07) is 7.88. The first-order valence-electron chi connectivity index (χ1n) is 8.65. The fraction of sp³-hybridized carbons (Fsp3) is 0.400. The van der Waals surface area contributed by atoms with E-state index in [0.29, 0.717) is 11.1 Å². The van der Waals surface area contributed by atoms with Crippen molar-refractivity contribution in [2.45, 2.75) is 45.3 Å². The van der Waals surface area contributed by atoms with Crippen LogP contribution in [-0.4, -0.2) is 41.6 Å². The van der Waals surface area contributed by atoms with Crippen molar-refractivity contribution in [2.24, 2.45) is 0 Å². The van der Waals surface area contributed by atoms with E-state index in [1.807, 2.05) is 12.1 Å². The third-order valence-corrected chi connectivity index (χ3v) is 3.73. The van der Waals surface area contributed by atoms with Gasteiger partial charge in [-0.1, -0.05) is 18.2 Å². The van der Waals surface area contributed by atoms with Crippen molar-refractivity contribution in [3.8, 4) is 0 Å². The Morgan fingerprint density at radius 2 is 1.85 bits per heavy atom. The van der Waals surface area contributed by atoms with E-state index >= 15 is 0 Å². The zero-order valence-electron chi connectivity index (χ0n) is 15.9. The van der Waals surface area contributed by atoms with Crippen LogP contribution < -0.4 is 5.32 Å². The monoisotopic (exact) mass is 372 g/mol. The minimum Gasteiger partial charge on any atom is -0.467 e. The molecule has 0 aliphatic rings. The number of benzene rings is 1. The average molecular weight is 372 g/mol. The molecule has 0 unspecified atom stereocenters. The summed E-state index contributed by atoms with van der Waals surface area (Å²) in [6.45, 7) is 5.29. The zero-order chi connectivity index (χ0) is 20.0. The second-order valence-corrected chi connectivity index (χ2v) is 7.06. The van der Waals surface area contributed by atoms with Gasteiger partial charge >= 0.3 is 11.9 Å². The summed E-state index contributed by atoms with van der Waals surface area (Å²) < 4.78 is 9.98. The molecular formula is C20H24N2O5. The van der Waals surface area contributed by atoms with Gasteiger partial charge in [-0.15, -0.1) is 0 Å². The van der Waals surface area contributed by atoms with Gasteiger partial charge in [-0.25, -0.2) is 4.79 Å². The van der Waals surface area contributed by atoms with Crippen LogP contribution in [0.5, 0.6) is 0 Å². The SMILES string of the molecule is COC(=O)[C@H](CCC(=O)OC(C)(C)C)NC(=O)c1cccc2cccnc12. The molecule has 0 aliphatic carbocycles. The molecule has 0 saturated heterocycles. The van der Waals surface area contributed by atoms with E-state index in [4.69, 9.17) is 9.47 Å². The Kier molecular flexibility index (Phi) is 6.50. The van der Waals surface area contributed by atoms with E-state index in [1.165, 1.54) is 7.11 Å². The lowest BCUT2D eigenvalue weighted by molar-refractivity contribution is -0.155. The first-order chi connectivity index (χ1) is 12.7. The highest BCUT2D eigenvalue weighted by atomic mass is 16.6. The number of carbonyl (C=O) groups excluding carboxylic acids is 3. The molecule has 1 N–H and O–H groups in total. The molecule has 0 spiro atoms. The van der Waals surface area contributed by atoms with Gasteiger partial charge in [0.15, 0.2) is 0 Å². The van der Waals surface area contributed by atoms with Crippen LogP contribution in [0.3, 0.4) is 0 Å². The molecule has 1 atom stereocenters. The van der Waals surface area contributed by atoms with E-state index in [1.54, 1.807) is 45.2 Å². The number of esters is 2.